The summed E-state index contributed by atoms with van der Waals surface area (Å²) in [6.07, 6.45) is 0.577. The van der Waals surface area contributed by atoms with Crippen molar-refractivity contribution in [2.45, 2.75) is 24.3 Å². The molecular formula is C10H12BrNO2S. The number of nitrogens with zero attached hydrogens (tertiary/aromatic N) is 1. The van der Waals surface area contributed by atoms with Crippen LogP contribution in [0.2, 0.25) is 0 Å². The van der Waals surface area contributed by atoms with Gasteiger partial charge in [0.05, 0.1) is 5.75 Å². The smallest absolute Gasteiger partial charge is 0.222 e. The van der Waals surface area contributed by atoms with Gasteiger partial charge in [0.15, 0.2) is 0 Å². The van der Waals surface area contributed by atoms with E-state index < -0.39 is 6.04 Å². The van der Waals surface area contributed by atoms with Crippen molar-refractivity contribution in [3.05, 3.63) is 38.9 Å². The van der Waals surface area contributed by atoms with Crippen LogP contribution in [0.1, 0.15) is 13.3 Å². The van der Waals surface area contributed by atoms with E-state index in [1.165, 1.54) is 11.8 Å². The van der Waals surface area contributed by atoms with Gasteiger partial charge in [0.1, 0.15) is 0 Å². The summed E-state index contributed by atoms with van der Waals surface area (Å²) in [5.41, 5.74) is 0. The van der Waals surface area contributed by atoms with Gasteiger partial charge in [0, 0.05) is 20.7 Å². The molecule has 0 aliphatic heterocycles. The maximum atomic E-state index is 10.6. The van der Waals surface area contributed by atoms with Gasteiger partial charge in [-0.1, -0.05) is 28.9 Å². The van der Waals surface area contributed by atoms with E-state index in [2.05, 4.69) is 15.9 Å². The molecule has 0 saturated carbocycles. The van der Waals surface area contributed by atoms with E-state index in [0.29, 0.717) is 12.2 Å². The number of hydrogen-bond acceptors (Lipinski definition) is 3. The molecule has 82 valence electrons. The molecule has 1 atom stereocenters. The van der Waals surface area contributed by atoms with Crippen LogP contribution in [0.15, 0.2) is 33.6 Å². The van der Waals surface area contributed by atoms with Crippen LogP contribution in [-0.2, 0) is 0 Å². The minimum absolute atomic E-state index is 0.203. The SMILES string of the molecule is CCC(CSc1cccc(Br)c1)[N+](=O)[O-]. The van der Waals surface area contributed by atoms with Gasteiger partial charge in [-0.15, -0.1) is 11.8 Å². The highest BCUT2D eigenvalue weighted by atomic mass is 79.9. The lowest BCUT2D eigenvalue weighted by molar-refractivity contribution is -0.516. The largest absolute Gasteiger partial charge is 0.264 e. The molecule has 1 rings (SSSR count). The number of hydrogen-bond donors (Lipinski definition) is 0. The van der Waals surface area contributed by atoms with Gasteiger partial charge in [-0.3, -0.25) is 10.1 Å². The van der Waals surface area contributed by atoms with Gasteiger partial charge < -0.3 is 0 Å². The van der Waals surface area contributed by atoms with Crippen LogP contribution < -0.4 is 0 Å². The lowest BCUT2D eigenvalue weighted by Crippen LogP contribution is -2.20. The van der Waals surface area contributed by atoms with Crippen molar-refractivity contribution in [2.75, 3.05) is 5.75 Å². The summed E-state index contributed by atoms with van der Waals surface area (Å²) in [7, 11) is 0. The van der Waals surface area contributed by atoms with Crippen LogP contribution in [0, 0.1) is 10.1 Å². The molecule has 1 unspecified atom stereocenters. The lowest BCUT2D eigenvalue weighted by atomic mass is 10.3. The molecule has 15 heavy (non-hydrogen) atoms. The number of halogens is 1. The van der Waals surface area contributed by atoms with Crippen molar-refractivity contribution in [1.82, 2.24) is 0 Å². The summed E-state index contributed by atoms with van der Waals surface area (Å²) < 4.78 is 1.00. The van der Waals surface area contributed by atoms with Crippen LogP contribution in [0.5, 0.6) is 0 Å². The molecule has 1 aromatic rings. The van der Waals surface area contributed by atoms with E-state index in [-0.39, 0.29) is 4.92 Å². The predicted octanol–water partition coefficient (Wildman–Crippen LogP) is 3.60. The molecule has 0 amide bonds. The molecule has 0 N–H and O–H groups in total. The molecule has 0 heterocycles. The first-order valence-corrected chi connectivity index (χ1v) is 6.43. The van der Waals surface area contributed by atoms with Gasteiger partial charge in [0.25, 0.3) is 0 Å². The third-order valence-electron chi connectivity index (χ3n) is 2.01. The number of benzene rings is 1. The summed E-state index contributed by atoms with van der Waals surface area (Å²) in [6.45, 7) is 1.84. The number of rotatable bonds is 5. The molecule has 0 aliphatic rings. The molecule has 0 radical (unpaired) electrons. The Kier molecular flexibility index (Phi) is 5.11. The van der Waals surface area contributed by atoms with Crippen LogP contribution in [0.25, 0.3) is 0 Å². The summed E-state index contributed by atoms with van der Waals surface area (Å²) in [5.74, 6) is 0.528. The summed E-state index contributed by atoms with van der Waals surface area (Å²) in [4.78, 5) is 11.5. The van der Waals surface area contributed by atoms with Crippen molar-refractivity contribution >= 4 is 27.7 Å². The zero-order valence-electron chi connectivity index (χ0n) is 8.35. The second-order valence-corrected chi connectivity index (χ2v) is 5.12. The van der Waals surface area contributed by atoms with Crippen molar-refractivity contribution < 1.29 is 4.92 Å². The zero-order valence-corrected chi connectivity index (χ0v) is 10.8. The first-order chi connectivity index (χ1) is 7.13. The van der Waals surface area contributed by atoms with Gasteiger partial charge in [-0.25, -0.2) is 0 Å². The Bertz CT molecular complexity index is 346. The maximum Gasteiger partial charge on any atom is 0.222 e. The van der Waals surface area contributed by atoms with Gasteiger partial charge in [0.2, 0.25) is 6.04 Å². The van der Waals surface area contributed by atoms with Crippen molar-refractivity contribution in [1.29, 1.82) is 0 Å². The molecule has 0 aromatic heterocycles. The van der Waals surface area contributed by atoms with Crippen LogP contribution in [0.4, 0.5) is 0 Å². The Morgan fingerprint density at radius 3 is 2.87 bits per heavy atom. The summed E-state index contributed by atoms with van der Waals surface area (Å²) >= 11 is 4.89. The first kappa shape index (κ1) is 12.5. The Labute approximate surface area is 102 Å². The molecule has 5 heteroatoms. The fraction of sp³-hybridized carbons (Fsp3) is 0.400. The predicted molar refractivity (Wildman–Crippen MR) is 65.9 cm³/mol. The quantitative estimate of drug-likeness (QED) is 0.473. The van der Waals surface area contributed by atoms with Crippen molar-refractivity contribution in [3.8, 4) is 0 Å². The monoisotopic (exact) mass is 289 g/mol. The molecule has 0 spiro atoms. The van der Waals surface area contributed by atoms with Crippen LogP contribution >= 0.6 is 27.7 Å². The van der Waals surface area contributed by atoms with E-state index in [4.69, 9.17) is 0 Å². The minimum atomic E-state index is -0.450. The molecule has 0 saturated heterocycles. The molecule has 0 bridgehead atoms. The zero-order chi connectivity index (χ0) is 11.3. The number of nitro groups is 1. The lowest BCUT2D eigenvalue weighted by Gasteiger charge is -2.06. The third kappa shape index (κ3) is 4.22. The highest BCUT2D eigenvalue weighted by Gasteiger charge is 2.17. The highest BCUT2D eigenvalue weighted by Crippen LogP contribution is 2.23. The minimum Gasteiger partial charge on any atom is -0.264 e. The number of thioether (sulfide) groups is 1. The van der Waals surface area contributed by atoms with Gasteiger partial charge >= 0.3 is 0 Å². The molecule has 3 nitrogen and oxygen atoms in total. The van der Waals surface area contributed by atoms with E-state index in [1.807, 2.05) is 31.2 Å². The van der Waals surface area contributed by atoms with Crippen molar-refractivity contribution in [3.63, 3.8) is 0 Å². The van der Waals surface area contributed by atoms with Crippen LogP contribution in [0.3, 0.4) is 0 Å². The molecule has 0 aliphatic carbocycles. The average molecular weight is 290 g/mol. The topological polar surface area (TPSA) is 43.1 Å². The normalized spacial score (nSPS) is 12.4. The highest BCUT2D eigenvalue weighted by molar-refractivity contribution is 9.10. The Morgan fingerprint density at radius 2 is 2.33 bits per heavy atom. The Balaban J connectivity index is 2.52. The second-order valence-electron chi connectivity index (χ2n) is 3.12. The first-order valence-electron chi connectivity index (χ1n) is 4.65. The van der Waals surface area contributed by atoms with Crippen LogP contribution in [-0.4, -0.2) is 16.7 Å². The molecular weight excluding hydrogens is 278 g/mol. The fourth-order valence-electron chi connectivity index (χ4n) is 1.08. The molecule has 1 aromatic carbocycles. The second kappa shape index (κ2) is 6.12. The summed E-state index contributed by atoms with van der Waals surface area (Å²) in [5, 5.41) is 10.6. The molecule has 0 fully saturated rings. The standard InChI is InChI=1S/C10H12BrNO2S/c1-2-9(12(13)14)7-15-10-5-3-4-8(11)6-10/h3-6,9H,2,7H2,1H3. The van der Waals surface area contributed by atoms with Crippen molar-refractivity contribution in [2.24, 2.45) is 0 Å². The van der Waals surface area contributed by atoms with E-state index in [9.17, 15) is 10.1 Å². The Hall–Kier alpha value is -0.550. The fourth-order valence-corrected chi connectivity index (χ4v) is 2.76. The van der Waals surface area contributed by atoms with Gasteiger partial charge in [-0.2, -0.15) is 0 Å². The van der Waals surface area contributed by atoms with E-state index in [0.717, 1.165) is 9.37 Å². The average Bonchev–Trinajstić information content (AvgIpc) is 2.18. The van der Waals surface area contributed by atoms with E-state index in [1.54, 1.807) is 0 Å². The van der Waals surface area contributed by atoms with Gasteiger partial charge in [-0.05, 0) is 18.2 Å². The maximum absolute atomic E-state index is 10.6. The van der Waals surface area contributed by atoms with E-state index >= 15 is 0 Å². The third-order valence-corrected chi connectivity index (χ3v) is 3.64. The Morgan fingerprint density at radius 1 is 1.60 bits per heavy atom. The summed E-state index contributed by atoms with van der Waals surface area (Å²) in [6, 6.07) is 7.35.